The molecule has 0 unspecified atom stereocenters. The van der Waals surface area contributed by atoms with Crippen LogP contribution in [0, 0.1) is 0 Å². The number of hydrogen-bond acceptors (Lipinski definition) is 4. The number of allylic oxidation sites excluding steroid dienone is 1. The van der Waals surface area contributed by atoms with Crippen LogP contribution in [0.2, 0.25) is 0 Å². The standard InChI is InChI=1S/C20H21NO3S2/c1-25-18-9-4-16(5-10-18)6-13-20(22)17-7-11-19(12-8-17)26(23,24)21-14-2-3-15-21/h4-13H,2-3,14-15H2,1H3. The van der Waals surface area contributed by atoms with Crippen LogP contribution in [0.3, 0.4) is 0 Å². The molecule has 2 aromatic carbocycles. The second-order valence-electron chi connectivity index (χ2n) is 6.11. The molecule has 26 heavy (non-hydrogen) atoms. The number of hydrogen-bond donors (Lipinski definition) is 0. The van der Waals surface area contributed by atoms with Crippen molar-refractivity contribution in [2.24, 2.45) is 0 Å². The predicted molar refractivity (Wildman–Crippen MR) is 106 cm³/mol. The highest BCUT2D eigenvalue weighted by atomic mass is 32.2. The summed E-state index contributed by atoms with van der Waals surface area (Å²) in [5.41, 5.74) is 1.42. The van der Waals surface area contributed by atoms with Crippen molar-refractivity contribution in [3.05, 3.63) is 65.7 Å². The van der Waals surface area contributed by atoms with Gasteiger partial charge in [0.15, 0.2) is 5.78 Å². The van der Waals surface area contributed by atoms with Gasteiger partial charge >= 0.3 is 0 Å². The summed E-state index contributed by atoms with van der Waals surface area (Å²) in [5.74, 6) is -0.149. The third-order valence-electron chi connectivity index (χ3n) is 4.38. The van der Waals surface area contributed by atoms with Crippen molar-refractivity contribution in [1.82, 2.24) is 4.31 Å². The minimum atomic E-state index is -3.44. The van der Waals surface area contributed by atoms with Gasteiger partial charge in [0.05, 0.1) is 4.90 Å². The molecular formula is C20H21NO3S2. The second-order valence-corrected chi connectivity index (χ2v) is 8.92. The molecule has 3 rings (SSSR count). The molecule has 0 bridgehead atoms. The van der Waals surface area contributed by atoms with Crippen molar-refractivity contribution in [3.63, 3.8) is 0 Å². The molecule has 0 atom stereocenters. The van der Waals surface area contributed by atoms with E-state index in [0.717, 1.165) is 18.4 Å². The lowest BCUT2D eigenvalue weighted by Crippen LogP contribution is -2.27. The lowest BCUT2D eigenvalue weighted by atomic mass is 10.1. The highest BCUT2D eigenvalue weighted by Crippen LogP contribution is 2.21. The zero-order valence-electron chi connectivity index (χ0n) is 14.6. The van der Waals surface area contributed by atoms with Gasteiger partial charge in [-0.3, -0.25) is 4.79 Å². The first-order valence-electron chi connectivity index (χ1n) is 8.47. The monoisotopic (exact) mass is 387 g/mol. The Labute approximate surface area is 159 Å². The van der Waals surface area contributed by atoms with Gasteiger partial charge in [-0.05, 0) is 67.1 Å². The van der Waals surface area contributed by atoms with E-state index in [1.165, 1.54) is 27.4 Å². The molecule has 1 aliphatic heterocycles. The molecule has 0 amide bonds. The average Bonchev–Trinajstić information content (AvgIpc) is 3.22. The second kappa shape index (κ2) is 8.20. The molecule has 136 valence electrons. The molecule has 0 aliphatic carbocycles. The van der Waals surface area contributed by atoms with Crippen LogP contribution in [0.4, 0.5) is 0 Å². The smallest absolute Gasteiger partial charge is 0.243 e. The molecule has 0 spiro atoms. The maximum absolute atomic E-state index is 12.5. The van der Waals surface area contributed by atoms with Gasteiger partial charge in [0.25, 0.3) is 0 Å². The lowest BCUT2D eigenvalue weighted by Gasteiger charge is -2.15. The minimum absolute atomic E-state index is 0.149. The Morgan fingerprint density at radius 2 is 1.62 bits per heavy atom. The third kappa shape index (κ3) is 4.26. The molecule has 1 heterocycles. The number of carbonyl (C=O) groups is 1. The maximum Gasteiger partial charge on any atom is 0.243 e. The van der Waals surface area contributed by atoms with Crippen LogP contribution in [0.5, 0.6) is 0 Å². The Morgan fingerprint density at radius 1 is 1.00 bits per heavy atom. The van der Waals surface area contributed by atoms with Crippen LogP contribution in [0.15, 0.2) is 64.4 Å². The van der Waals surface area contributed by atoms with Crippen molar-refractivity contribution in [1.29, 1.82) is 0 Å². The Bertz CT molecular complexity index is 895. The van der Waals surface area contributed by atoms with E-state index >= 15 is 0 Å². The van der Waals surface area contributed by atoms with Gasteiger partial charge in [-0.25, -0.2) is 8.42 Å². The molecule has 6 heteroatoms. The van der Waals surface area contributed by atoms with Gasteiger partial charge in [-0.2, -0.15) is 4.31 Å². The van der Waals surface area contributed by atoms with Crippen LogP contribution >= 0.6 is 11.8 Å². The van der Waals surface area contributed by atoms with E-state index in [1.807, 2.05) is 30.5 Å². The Morgan fingerprint density at radius 3 is 2.19 bits per heavy atom. The molecule has 1 aliphatic rings. The summed E-state index contributed by atoms with van der Waals surface area (Å²) < 4.78 is 26.5. The van der Waals surface area contributed by atoms with Crippen LogP contribution in [-0.4, -0.2) is 37.9 Å². The number of sulfonamides is 1. The molecular weight excluding hydrogens is 366 g/mol. The summed E-state index contributed by atoms with van der Waals surface area (Å²) in [4.78, 5) is 13.7. The number of ketones is 1. The Balaban J connectivity index is 1.71. The molecule has 1 saturated heterocycles. The number of nitrogens with zero attached hydrogens (tertiary/aromatic N) is 1. The Hall–Kier alpha value is -1.89. The summed E-state index contributed by atoms with van der Waals surface area (Å²) in [6, 6.07) is 14.1. The highest BCUT2D eigenvalue weighted by Gasteiger charge is 2.26. The summed E-state index contributed by atoms with van der Waals surface area (Å²) in [7, 11) is -3.44. The van der Waals surface area contributed by atoms with Gasteiger partial charge < -0.3 is 0 Å². The van der Waals surface area contributed by atoms with E-state index in [2.05, 4.69) is 0 Å². The van der Waals surface area contributed by atoms with Crippen LogP contribution < -0.4 is 0 Å². The van der Waals surface area contributed by atoms with E-state index in [0.29, 0.717) is 18.7 Å². The SMILES string of the molecule is CSc1ccc(C=CC(=O)c2ccc(S(=O)(=O)N3CCCC3)cc2)cc1. The topological polar surface area (TPSA) is 54.5 Å². The van der Waals surface area contributed by atoms with Gasteiger partial charge in [0.2, 0.25) is 10.0 Å². The van der Waals surface area contributed by atoms with Gasteiger partial charge in [0.1, 0.15) is 0 Å². The zero-order valence-corrected chi connectivity index (χ0v) is 16.2. The molecule has 4 nitrogen and oxygen atoms in total. The lowest BCUT2D eigenvalue weighted by molar-refractivity contribution is 0.104. The van der Waals surface area contributed by atoms with Gasteiger partial charge in [-0.15, -0.1) is 11.8 Å². The first-order chi connectivity index (χ1) is 12.5. The number of rotatable bonds is 6. The normalized spacial score (nSPS) is 15.6. The van der Waals surface area contributed by atoms with Crippen molar-refractivity contribution < 1.29 is 13.2 Å². The number of carbonyl (C=O) groups excluding carboxylic acids is 1. The van der Waals surface area contributed by atoms with Crippen molar-refractivity contribution >= 4 is 33.6 Å². The molecule has 0 radical (unpaired) electrons. The fourth-order valence-corrected chi connectivity index (χ4v) is 4.78. The number of thioether (sulfide) groups is 1. The summed E-state index contributed by atoms with van der Waals surface area (Å²) >= 11 is 1.67. The van der Waals surface area contributed by atoms with E-state index < -0.39 is 10.0 Å². The van der Waals surface area contributed by atoms with E-state index in [-0.39, 0.29) is 10.7 Å². The first kappa shape index (κ1) is 18.9. The van der Waals surface area contributed by atoms with Crippen molar-refractivity contribution in [2.45, 2.75) is 22.6 Å². The Kier molecular flexibility index (Phi) is 5.96. The van der Waals surface area contributed by atoms with E-state index in [9.17, 15) is 13.2 Å². The maximum atomic E-state index is 12.5. The molecule has 0 saturated carbocycles. The van der Waals surface area contributed by atoms with E-state index in [4.69, 9.17) is 0 Å². The van der Waals surface area contributed by atoms with Gasteiger partial charge in [0, 0.05) is 23.5 Å². The van der Waals surface area contributed by atoms with E-state index in [1.54, 1.807) is 30.0 Å². The quantitative estimate of drug-likeness (QED) is 0.426. The van der Waals surface area contributed by atoms with Crippen LogP contribution in [0.25, 0.3) is 6.08 Å². The molecule has 1 fully saturated rings. The largest absolute Gasteiger partial charge is 0.289 e. The minimum Gasteiger partial charge on any atom is -0.289 e. The first-order valence-corrected chi connectivity index (χ1v) is 11.1. The highest BCUT2D eigenvalue weighted by molar-refractivity contribution is 7.98. The fourth-order valence-electron chi connectivity index (χ4n) is 2.85. The fraction of sp³-hybridized carbons (Fsp3) is 0.250. The van der Waals surface area contributed by atoms with Crippen molar-refractivity contribution in [2.75, 3.05) is 19.3 Å². The number of benzene rings is 2. The summed E-state index contributed by atoms with van der Waals surface area (Å²) in [6.07, 6.45) is 7.10. The third-order valence-corrected chi connectivity index (χ3v) is 7.04. The molecule has 0 aromatic heterocycles. The van der Waals surface area contributed by atoms with Crippen LogP contribution in [-0.2, 0) is 10.0 Å². The van der Waals surface area contributed by atoms with Crippen molar-refractivity contribution in [3.8, 4) is 0 Å². The summed E-state index contributed by atoms with van der Waals surface area (Å²) in [5, 5.41) is 0. The zero-order chi connectivity index (χ0) is 18.6. The molecule has 0 N–H and O–H groups in total. The summed E-state index contributed by atoms with van der Waals surface area (Å²) in [6.45, 7) is 1.14. The predicted octanol–water partition coefficient (Wildman–Crippen LogP) is 4.09. The van der Waals surface area contributed by atoms with Crippen LogP contribution in [0.1, 0.15) is 28.8 Å². The van der Waals surface area contributed by atoms with Gasteiger partial charge in [-0.1, -0.05) is 18.2 Å². The average molecular weight is 388 g/mol. The molecule has 2 aromatic rings.